The van der Waals surface area contributed by atoms with Gasteiger partial charge in [0.1, 0.15) is 0 Å². The van der Waals surface area contributed by atoms with Crippen LogP contribution in [0.1, 0.15) is 16.8 Å². The number of aryl methyl sites for hydroxylation is 2. The van der Waals surface area contributed by atoms with Crippen molar-refractivity contribution in [2.75, 3.05) is 19.6 Å². The molecule has 21 heavy (non-hydrogen) atoms. The Morgan fingerprint density at radius 3 is 2.48 bits per heavy atom. The Kier molecular flexibility index (Phi) is 7.43. The summed E-state index contributed by atoms with van der Waals surface area (Å²) in [6.45, 7) is 5.61. The number of rotatable bonds is 7. The number of hydrogen-bond acceptors (Lipinski definition) is 3. The fraction of sp³-hybridized carbons (Fsp3) is 0.438. The Morgan fingerprint density at radius 1 is 1.19 bits per heavy atom. The number of hydrogen-bond donors (Lipinski definition) is 1. The van der Waals surface area contributed by atoms with E-state index in [1.807, 2.05) is 11.7 Å². The lowest BCUT2D eigenvalue weighted by atomic mass is 10.1. The summed E-state index contributed by atoms with van der Waals surface area (Å²) < 4.78 is 1.88. The summed E-state index contributed by atoms with van der Waals surface area (Å²) in [5.41, 5.74) is 9.50. The van der Waals surface area contributed by atoms with Crippen LogP contribution in [0, 0.1) is 6.92 Å². The molecular weight excluding hydrogens is 284 g/mol. The monoisotopic (exact) mass is 308 g/mol. The average molecular weight is 309 g/mol. The molecule has 0 saturated heterocycles. The van der Waals surface area contributed by atoms with E-state index in [1.54, 1.807) is 0 Å². The van der Waals surface area contributed by atoms with Crippen molar-refractivity contribution in [3.63, 3.8) is 0 Å². The number of nitrogens with two attached hydrogens (primary N) is 1. The van der Waals surface area contributed by atoms with Crippen LogP contribution in [-0.2, 0) is 20.0 Å². The summed E-state index contributed by atoms with van der Waals surface area (Å²) in [4.78, 5) is 2.40. The molecule has 0 fully saturated rings. The zero-order valence-electron chi connectivity index (χ0n) is 12.8. The third-order valence-corrected chi connectivity index (χ3v) is 3.51. The number of benzene rings is 1. The van der Waals surface area contributed by atoms with Crippen molar-refractivity contribution in [2.24, 2.45) is 12.8 Å². The molecule has 0 amide bonds. The Morgan fingerprint density at radius 2 is 1.90 bits per heavy atom. The standard InChI is InChI=1S/C16H24N4.ClH/c1-14-16(12-19(2)18-14)13-20(11-9-17)10-8-15-6-4-3-5-7-15;/h3-7,12H,8-11,13,17H2,1-2H3;1H. The molecule has 0 atom stereocenters. The fourth-order valence-electron chi connectivity index (χ4n) is 2.43. The molecule has 2 N–H and O–H groups in total. The van der Waals surface area contributed by atoms with E-state index in [-0.39, 0.29) is 12.4 Å². The predicted molar refractivity (Wildman–Crippen MR) is 89.7 cm³/mol. The Hall–Kier alpha value is -1.36. The van der Waals surface area contributed by atoms with E-state index in [0.29, 0.717) is 6.54 Å². The molecule has 0 unspecified atom stereocenters. The minimum Gasteiger partial charge on any atom is -0.329 e. The largest absolute Gasteiger partial charge is 0.329 e. The fourth-order valence-corrected chi connectivity index (χ4v) is 2.43. The van der Waals surface area contributed by atoms with Crippen molar-refractivity contribution in [1.29, 1.82) is 0 Å². The zero-order valence-corrected chi connectivity index (χ0v) is 13.6. The summed E-state index contributed by atoms with van der Waals surface area (Å²) in [7, 11) is 1.97. The van der Waals surface area contributed by atoms with Crippen molar-refractivity contribution in [1.82, 2.24) is 14.7 Å². The van der Waals surface area contributed by atoms with E-state index >= 15 is 0 Å². The first-order chi connectivity index (χ1) is 9.69. The highest BCUT2D eigenvalue weighted by Crippen LogP contribution is 2.10. The summed E-state index contributed by atoms with van der Waals surface area (Å²) in [6.07, 6.45) is 3.15. The van der Waals surface area contributed by atoms with Crippen LogP contribution < -0.4 is 5.73 Å². The van der Waals surface area contributed by atoms with Gasteiger partial charge in [0.05, 0.1) is 5.69 Å². The maximum absolute atomic E-state index is 5.73. The molecule has 2 rings (SSSR count). The normalized spacial score (nSPS) is 10.7. The third kappa shape index (κ3) is 5.50. The van der Waals surface area contributed by atoms with Crippen LogP contribution in [0.3, 0.4) is 0 Å². The van der Waals surface area contributed by atoms with Crippen molar-refractivity contribution in [3.8, 4) is 0 Å². The Balaban J connectivity index is 0.00000220. The van der Waals surface area contributed by atoms with Gasteiger partial charge in [0.2, 0.25) is 0 Å². The van der Waals surface area contributed by atoms with Gasteiger partial charge in [-0.15, -0.1) is 12.4 Å². The van der Waals surface area contributed by atoms with Crippen LogP contribution in [0.4, 0.5) is 0 Å². The SMILES string of the molecule is Cc1nn(C)cc1CN(CCN)CCc1ccccc1.Cl. The zero-order chi connectivity index (χ0) is 14.4. The van der Waals surface area contributed by atoms with Crippen molar-refractivity contribution in [2.45, 2.75) is 19.9 Å². The first kappa shape index (κ1) is 17.7. The van der Waals surface area contributed by atoms with Crippen molar-refractivity contribution in [3.05, 3.63) is 53.3 Å². The first-order valence-electron chi connectivity index (χ1n) is 7.14. The molecule has 4 nitrogen and oxygen atoms in total. The summed E-state index contributed by atoms with van der Waals surface area (Å²) in [6, 6.07) is 10.6. The average Bonchev–Trinajstić information content (AvgIpc) is 2.76. The van der Waals surface area contributed by atoms with Gasteiger partial charge in [-0.3, -0.25) is 9.58 Å². The van der Waals surface area contributed by atoms with Gasteiger partial charge in [-0.05, 0) is 18.9 Å². The van der Waals surface area contributed by atoms with Gasteiger partial charge in [0.15, 0.2) is 0 Å². The quantitative estimate of drug-likeness (QED) is 0.852. The molecule has 1 aromatic heterocycles. The highest BCUT2D eigenvalue weighted by Gasteiger charge is 2.09. The summed E-state index contributed by atoms with van der Waals surface area (Å²) in [5, 5.41) is 4.40. The summed E-state index contributed by atoms with van der Waals surface area (Å²) >= 11 is 0. The van der Waals surface area contributed by atoms with Gasteiger partial charge < -0.3 is 5.73 Å². The highest BCUT2D eigenvalue weighted by molar-refractivity contribution is 5.85. The first-order valence-corrected chi connectivity index (χ1v) is 7.14. The summed E-state index contributed by atoms with van der Waals surface area (Å²) in [5.74, 6) is 0. The van der Waals surface area contributed by atoms with E-state index < -0.39 is 0 Å². The Bertz CT molecular complexity index is 524. The molecule has 0 spiro atoms. The second kappa shape index (κ2) is 8.82. The molecule has 0 radical (unpaired) electrons. The number of halogens is 1. The molecular formula is C16H25ClN4. The van der Waals surface area contributed by atoms with Crippen LogP contribution in [0.15, 0.2) is 36.5 Å². The minimum absolute atomic E-state index is 0. The van der Waals surface area contributed by atoms with E-state index in [1.165, 1.54) is 11.1 Å². The van der Waals surface area contributed by atoms with Gasteiger partial charge in [-0.25, -0.2) is 0 Å². The van der Waals surface area contributed by atoms with Gasteiger partial charge in [0.25, 0.3) is 0 Å². The maximum Gasteiger partial charge on any atom is 0.0638 e. The van der Waals surface area contributed by atoms with Crippen molar-refractivity contribution < 1.29 is 0 Å². The molecule has 0 aliphatic heterocycles. The Labute approximate surface area is 133 Å². The van der Waals surface area contributed by atoms with Crippen molar-refractivity contribution >= 4 is 12.4 Å². The topological polar surface area (TPSA) is 47.1 Å². The van der Waals surface area contributed by atoms with Crippen LogP contribution >= 0.6 is 12.4 Å². The number of nitrogens with zero attached hydrogens (tertiary/aromatic N) is 3. The maximum atomic E-state index is 5.73. The van der Waals surface area contributed by atoms with Crippen LogP contribution in [0.2, 0.25) is 0 Å². The predicted octanol–water partition coefficient (Wildman–Crippen LogP) is 2.15. The van der Waals surface area contributed by atoms with Crippen LogP contribution in [0.5, 0.6) is 0 Å². The molecule has 0 saturated carbocycles. The second-order valence-electron chi connectivity index (χ2n) is 5.21. The van der Waals surface area contributed by atoms with Crippen LogP contribution in [-0.4, -0.2) is 34.3 Å². The van der Waals surface area contributed by atoms with Gasteiger partial charge in [-0.2, -0.15) is 5.10 Å². The van der Waals surface area contributed by atoms with Gasteiger partial charge >= 0.3 is 0 Å². The third-order valence-electron chi connectivity index (χ3n) is 3.51. The molecule has 0 aliphatic carbocycles. The molecule has 116 valence electrons. The minimum atomic E-state index is 0. The molecule has 5 heteroatoms. The number of aromatic nitrogens is 2. The second-order valence-corrected chi connectivity index (χ2v) is 5.21. The van der Waals surface area contributed by atoms with Gasteiger partial charge in [0, 0.05) is 45.0 Å². The molecule has 0 aliphatic rings. The lowest BCUT2D eigenvalue weighted by molar-refractivity contribution is 0.276. The molecule has 1 heterocycles. The van der Waals surface area contributed by atoms with E-state index in [4.69, 9.17) is 5.73 Å². The molecule has 2 aromatic rings. The molecule has 0 bridgehead atoms. The lowest BCUT2D eigenvalue weighted by Gasteiger charge is -2.21. The van der Waals surface area contributed by atoms with E-state index in [2.05, 4.69) is 53.5 Å². The van der Waals surface area contributed by atoms with Gasteiger partial charge in [-0.1, -0.05) is 30.3 Å². The highest BCUT2D eigenvalue weighted by atomic mass is 35.5. The molecule has 1 aromatic carbocycles. The van der Waals surface area contributed by atoms with E-state index in [9.17, 15) is 0 Å². The smallest absolute Gasteiger partial charge is 0.0638 e. The van der Waals surface area contributed by atoms with Crippen LogP contribution in [0.25, 0.3) is 0 Å². The van der Waals surface area contributed by atoms with E-state index in [0.717, 1.165) is 31.7 Å². The lowest BCUT2D eigenvalue weighted by Crippen LogP contribution is -2.31.